The van der Waals surface area contributed by atoms with E-state index >= 15 is 0 Å². The molecule has 1 aliphatic carbocycles. The minimum atomic E-state index is -4.01. The van der Waals surface area contributed by atoms with Gasteiger partial charge in [0.2, 0.25) is 0 Å². The number of rotatable bonds is 0. The van der Waals surface area contributed by atoms with Crippen LogP contribution in [-0.4, -0.2) is 12.2 Å². The van der Waals surface area contributed by atoms with Crippen LogP contribution in [0.3, 0.4) is 0 Å². The van der Waals surface area contributed by atoms with E-state index in [-0.39, 0.29) is 18.9 Å². The van der Waals surface area contributed by atoms with Crippen molar-refractivity contribution in [3.8, 4) is 0 Å². The van der Waals surface area contributed by atoms with E-state index in [2.05, 4.69) is 0 Å². The van der Waals surface area contributed by atoms with Crippen molar-refractivity contribution in [2.24, 2.45) is 11.7 Å². The summed E-state index contributed by atoms with van der Waals surface area (Å²) >= 11 is 0. The number of hydrogen-bond donors (Lipinski definition) is 1. The molecule has 0 aromatic rings. The SMILES string of the molecule is NC1CCCC(C(F)(F)F)CC1. The molecule has 1 fully saturated rings. The second kappa shape index (κ2) is 3.64. The molecule has 4 heteroatoms. The lowest BCUT2D eigenvalue weighted by Gasteiger charge is -2.17. The van der Waals surface area contributed by atoms with Gasteiger partial charge in [0.15, 0.2) is 0 Å². The third-order valence-electron chi connectivity index (χ3n) is 2.48. The van der Waals surface area contributed by atoms with E-state index in [1.807, 2.05) is 0 Å². The maximum Gasteiger partial charge on any atom is 0.391 e. The summed E-state index contributed by atoms with van der Waals surface area (Å²) in [4.78, 5) is 0. The number of alkyl halides is 3. The molecule has 0 aromatic heterocycles. The van der Waals surface area contributed by atoms with Crippen molar-refractivity contribution in [1.82, 2.24) is 0 Å². The average molecular weight is 181 g/mol. The zero-order chi connectivity index (χ0) is 9.19. The summed E-state index contributed by atoms with van der Waals surface area (Å²) in [7, 11) is 0. The largest absolute Gasteiger partial charge is 0.391 e. The Balaban J connectivity index is 2.46. The summed E-state index contributed by atoms with van der Waals surface area (Å²) in [6, 6.07) is -0.0163. The van der Waals surface area contributed by atoms with Crippen LogP contribution in [0.4, 0.5) is 13.2 Å². The average Bonchev–Trinajstić information content (AvgIpc) is 2.11. The Bertz CT molecular complexity index is 144. The van der Waals surface area contributed by atoms with Crippen LogP contribution in [-0.2, 0) is 0 Å². The van der Waals surface area contributed by atoms with E-state index in [0.29, 0.717) is 12.8 Å². The highest BCUT2D eigenvalue weighted by atomic mass is 19.4. The van der Waals surface area contributed by atoms with Crippen LogP contribution in [0, 0.1) is 5.92 Å². The third-order valence-corrected chi connectivity index (χ3v) is 2.48. The van der Waals surface area contributed by atoms with Gasteiger partial charge in [-0.05, 0) is 25.7 Å². The van der Waals surface area contributed by atoms with Gasteiger partial charge >= 0.3 is 6.18 Å². The van der Waals surface area contributed by atoms with Gasteiger partial charge in [-0.1, -0.05) is 6.42 Å². The monoisotopic (exact) mass is 181 g/mol. The van der Waals surface area contributed by atoms with E-state index in [9.17, 15) is 13.2 Å². The van der Waals surface area contributed by atoms with E-state index in [0.717, 1.165) is 6.42 Å². The molecule has 2 atom stereocenters. The van der Waals surface area contributed by atoms with Gasteiger partial charge in [-0.25, -0.2) is 0 Å². The van der Waals surface area contributed by atoms with Crippen LogP contribution in [0.25, 0.3) is 0 Å². The summed E-state index contributed by atoms with van der Waals surface area (Å²) in [6.07, 6.45) is -1.66. The molecule has 0 amide bonds. The standard InChI is InChI=1S/C8H14F3N/c9-8(10,11)6-2-1-3-7(12)5-4-6/h6-7H,1-5,12H2. The highest BCUT2D eigenvalue weighted by molar-refractivity contribution is 4.76. The highest BCUT2D eigenvalue weighted by Gasteiger charge is 2.39. The zero-order valence-electron chi connectivity index (χ0n) is 6.90. The first-order valence-electron chi connectivity index (χ1n) is 4.32. The predicted molar refractivity (Wildman–Crippen MR) is 40.6 cm³/mol. The summed E-state index contributed by atoms with van der Waals surface area (Å²) in [5.74, 6) is -1.11. The van der Waals surface area contributed by atoms with Crippen molar-refractivity contribution in [2.75, 3.05) is 0 Å². The number of hydrogen-bond acceptors (Lipinski definition) is 1. The van der Waals surface area contributed by atoms with Gasteiger partial charge < -0.3 is 5.73 Å². The molecule has 1 saturated carbocycles. The first-order chi connectivity index (χ1) is 5.50. The van der Waals surface area contributed by atoms with Crippen LogP contribution in [0.2, 0.25) is 0 Å². The molecular formula is C8H14F3N. The number of halogens is 3. The van der Waals surface area contributed by atoms with E-state index < -0.39 is 12.1 Å². The van der Waals surface area contributed by atoms with Crippen molar-refractivity contribution in [2.45, 2.75) is 44.3 Å². The Labute approximate surface area is 70.1 Å². The third kappa shape index (κ3) is 2.66. The van der Waals surface area contributed by atoms with Crippen LogP contribution in [0.1, 0.15) is 32.1 Å². The molecule has 0 aromatic carbocycles. The quantitative estimate of drug-likeness (QED) is 0.571. The van der Waals surface area contributed by atoms with Crippen LogP contribution in [0.5, 0.6) is 0 Å². The molecule has 0 saturated heterocycles. The maximum absolute atomic E-state index is 12.2. The summed E-state index contributed by atoms with van der Waals surface area (Å²) < 4.78 is 36.6. The van der Waals surface area contributed by atoms with Gasteiger partial charge in [0.25, 0.3) is 0 Å². The summed E-state index contributed by atoms with van der Waals surface area (Å²) in [5.41, 5.74) is 5.57. The van der Waals surface area contributed by atoms with Crippen molar-refractivity contribution in [3.05, 3.63) is 0 Å². The maximum atomic E-state index is 12.2. The van der Waals surface area contributed by atoms with Crippen LogP contribution < -0.4 is 5.73 Å². The molecule has 1 nitrogen and oxygen atoms in total. The van der Waals surface area contributed by atoms with Gasteiger partial charge in [0.1, 0.15) is 0 Å². The Kier molecular flexibility index (Phi) is 2.99. The van der Waals surface area contributed by atoms with E-state index in [4.69, 9.17) is 5.73 Å². The molecular weight excluding hydrogens is 167 g/mol. The zero-order valence-corrected chi connectivity index (χ0v) is 6.90. The molecule has 1 rings (SSSR count). The van der Waals surface area contributed by atoms with Crippen molar-refractivity contribution in [1.29, 1.82) is 0 Å². The highest BCUT2D eigenvalue weighted by Crippen LogP contribution is 2.36. The molecule has 1 aliphatic rings. The lowest BCUT2D eigenvalue weighted by molar-refractivity contribution is -0.177. The van der Waals surface area contributed by atoms with E-state index in [1.165, 1.54) is 0 Å². The van der Waals surface area contributed by atoms with Crippen molar-refractivity contribution < 1.29 is 13.2 Å². The molecule has 12 heavy (non-hydrogen) atoms. The van der Waals surface area contributed by atoms with Gasteiger partial charge in [0.05, 0.1) is 5.92 Å². The van der Waals surface area contributed by atoms with Gasteiger partial charge in [0, 0.05) is 6.04 Å². The molecule has 0 spiro atoms. The van der Waals surface area contributed by atoms with Crippen molar-refractivity contribution in [3.63, 3.8) is 0 Å². The normalized spacial score (nSPS) is 33.0. The Morgan fingerprint density at radius 2 is 1.67 bits per heavy atom. The van der Waals surface area contributed by atoms with Crippen LogP contribution in [0.15, 0.2) is 0 Å². The Hall–Kier alpha value is -0.250. The summed E-state index contributed by atoms with van der Waals surface area (Å²) in [6.45, 7) is 0. The first-order valence-corrected chi connectivity index (χ1v) is 4.32. The molecule has 0 aliphatic heterocycles. The first kappa shape index (κ1) is 9.84. The Morgan fingerprint density at radius 3 is 2.25 bits per heavy atom. The lowest BCUT2D eigenvalue weighted by atomic mass is 10.00. The molecule has 0 heterocycles. The van der Waals surface area contributed by atoms with Crippen molar-refractivity contribution >= 4 is 0 Å². The fourth-order valence-electron chi connectivity index (χ4n) is 1.66. The summed E-state index contributed by atoms with van der Waals surface area (Å²) in [5, 5.41) is 0. The van der Waals surface area contributed by atoms with Gasteiger partial charge in [-0.2, -0.15) is 13.2 Å². The molecule has 72 valence electrons. The molecule has 2 N–H and O–H groups in total. The fraction of sp³-hybridized carbons (Fsp3) is 1.00. The second-order valence-electron chi connectivity index (χ2n) is 3.51. The molecule has 0 radical (unpaired) electrons. The smallest absolute Gasteiger partial charge is 0.328 e. The van der Waals surface area contributed by atoms with Gasteiger partial charge in [-0.3, -0.25) is 0 Å². The second-order valence-corrected chi connectivity index (χ2v) is 3.51. The molecule has 2 unspecified atom stereocenters. The Morgan fingerprint density at radius 1 is 1.00 bits per heavy atom. The topological polar surface area (TPSA) is 26.0 Å². The lowest BCUT2D eigenvalue weighted by Crippen LogP contribution is -2.23. The van der Waals surface area contributed by atoms with Crippen LogP contribution >= 0.6 is 0 Å². The van der Waals surface area contributed by atoms with E-state index in [1.54, 1.807) is 0 Å². The minimum absolute atomic E-state index is 0.0163. The molecule has 0 bridgehead atoms. The minimum Gasteiger partial charge on any atom is -0.328 e. The van der Waals surface area contributed by atoms with Gasteiger partial charge in [-0.15, -0.1) is 0 Å². The number of nitrogens with two attached hydrogens (primary N) is 1. The fourth-order valence-corrected chi connectivity index (χ4v) is 1.66. The predicted octanol–water partition coefficient (Wildman–Crippen LogP) is 2.46.